The minimum atomic E-state index is -4.20. The second-order valence-electron chi connectivity index (χ2n) is 7.80. The number of amides is 1. The fourth-order valence-electron chi connectivity index (χ4n) is 4.13. The molecule has 0 unspecified atom stereocenters. The third-order valence-electron chi connectivity index (χ3n) is 5.92. The summed E-state index contributed by atoms with van der Waals surface area (Å²) < 4.78 is 38.1. The van der Waals surface area contributed by atoms with Gasteiger partial charge >= 0.3 is 6.18 Å². The Balaban J connectivity index is 1.52. The van der Waals surface area contributed by atoms with Crippen LogP contribution in [-0.2, 0) is 4.79 Å². The van der Waals surface area contributed by atoms with Gasteiger partial charge in [-0.05, 0) is 43.2 Å². The summed E-state index contributed by atoms with van der Waals surface area (Å²) in [6.07, 6.45) is 4.18. The maximum Gasteiger partial charge on any atom is 0.391 e. The van der Waals surface area contributed by atoms with Gasteiger partial charge in [-0.1, -0.05) is 43.5 Å². The van der Waals surface area contributed by atoms with E-state index >= 15 is 0 Å². The third kappa shape index (κ3) is 5.24. The van der Waals surface area contributed by atoms with Crippen molar-refractivity contribution in [2.75, 3.05) is 13.1 Å². The van der Waals surface area contributed by atoms with Crippen LogP contribution in [0.4, 0.5) is 13.2 Å². The number of allylic oxidation sites excluding steroid dienone is 1. The maximum atomic E-state index is 12.7. The summed E-state index contributed by atoms with van der Waals surface area (Å²) in [6.45, 7) is 0.134. The SMILES string of the molecule is O=C(/C=C/C(=O)N1CCC(C(F)(F)F)CC1)c1ccc(C2CCCCC2)cc1. The summed E-state index contributed by atoms with van der Waals surface area (Å²) in [5, 5.41) is 0. The molecule has 1 aliphatic heterocycles. The number of carbonyl (C=O) groups is 2. The van der Waals surface area contributed by atoms with Gasteiger partial charge in [0.25, 0.3) is 0 Å². The number of carbonyl (C=O) groups excluding carboxylic acids is 2. The molecular formula is C22H26F3NO2. The molecule has 0 N–H and O–H groups in total. The van der Waals surface area contributed by atoms with Crippen LogP contribution in [0, 0.1) is 5.92 Å². The highest BCUT2D eigenvalue weighted by atomic mass is 19.4. The Morgan fingerprint density at radius 3 is 2.07 bits per heavy atom. The molecule has 1 aliphatic carbocycles. The topological polar surface area (TPSA) is 37.4 Å². The van der Waals surface area contributed by atoms with Crippen molar-refractivity contribution in [3.8, 4) is 0 Å². The quantitative estimate of drug-likeness (QED) is 0.516. The molecule has 1 saturated heterocycles. The second kappa shape index (κ2) is 8.93. The zero-order valence-electron chi connectivity index (χ0n) is 15.9. The summed E-state index contributed by atoms with van der Waals surface area (Å²) in [4.78, 5) is 25.8. The summed E-state index contributed by atoms with van der Waals surface area (Å²) >= 11 is 0. The summed E-state index contributed by atoms with van der Waals surface area (Å²) in [5.74, 6) is -1.46. The molecule has 2 aliphatic rings. The minimum Gasteiger partial charge on any atom is -0.339 e. The van der Waals surface area contributed by atoms with Crippen LogP contribution in [0.5, 0.6) is 0 Å². The largest absolute Gasteiger partial charge is 0.391 e. The van der Waals surface area contributed by atoms with Gasteiger partial charge in [-0.2, -0.15) is 13.2 Å². The average Bonchev–Trinajstić information content (AvgIpc) is 2.72. The van der Waals surface area contributed by atoms with Crippen LogP contribution in [0.25, 0.3) is 0 Å². The number of benzene rings is 1. The molecule has 0 spiro atoms. The highest BCUT2D eigenvalue weighted by Gasteiger charge is 2.41. The first-order valence-corrected chi connectivity index (χ1v) is 10.0. The fraction of sp³-hybridized carbons (Fsp3) is 0.545. The molecule has 1 aromatic carbocycles. The number of halogens is 3. The molecule has 2 fully saturated rings. The number of hydrogen-bond donors (Lipinski definition) is 0. The zero-order valence-corrected chi connectivity index (χ0v) is 15.9. The Hall–Kier alpha value is -2.11. The van der Waals surface area contributed by atoms with Crippen molar-refractivity contribution in [2.24, 2.45) is 5.92 Å². The first-order chi connectivity index (χ1) is 13.3. The Morgan fingerprint density at radius 1 is 0.893 bits per heavy atom. The lowest BCUT2D eigenvalue weighted by Gasteiger charge is -2.32. The first kappa shape index (κ1) is 20.6. The number of piperidine rings is 1. The number of ketones is 1. The van der Waals surface area contributed by atoms with Crippen molar-refractivity contribution in [3.05, 3.63) is 47.5 Å². The monoisotopic (exact) mass is 393 g/mol. The molecule has 0 aromatic heterocycles. The molecule has 0 radical (unpaired) electrons. The van der Waals surface area contributed by atoms with Gasteiger partial charge in [0.15, 0.2) is 5.78 Å². The van der Waals surface area contributed by atoms with Crippen molar-refractivity contribution >= 4 is 11.7 Å². The maximum absolute atomic E-state index is 12.7. The standard InChI is InChI=1S/C22H26F3NO2/c23-22(24,25)19-12-14-26(15-13-19)21(28)11-10-20(27)18-8-6-17(7-9-18)16-4-2-1-3-5-16/h6-11,16,19H,1-5,12-15H2/b11-10+. The lowest BCUT2D eigenvalue weighted by molar-refractivity contribution is -0.186. The van der Waals surface area contributed by atoms with Crippen molar-refractivity contribution in [3.63, 3.8) is 0 Å². The number of likely N-dealkylation sites (tertiary alicyclic amines) is 1. The Kier molecular flexibility index (Phi) is 6.57. The van der Waals surface area contributed by atoms with Crippen LogP contribution in [0.3, 0.4) is 0 Å². The van der Waals surface area contributed by atoms with Crippen LogP contribution in [0.2, 0.25) is 0 Å². The van der Waals surface area contributed by atoms with Crippen LogP contribution in [0.15, 0.2) is 36.4 Å². The van der Waals surface area contributed by atoms with Gasteiger partial charge in [-0.15, -0.1) is 0 Å². The molecule has 1 heterocycles. The van der Waals surface area contributed by atoms with Gasteiger partial charge < -0.3 is 4.90 Å². The Labute approximate surface area is 163 Å². The smallest absolute Gasteiger partial charge is 0.339 e. The van der Waals surface area contributed by atoms with Crippen molar-refractivity contribution in [1.82, 2.24) is 4.90 Å². The molecule has 1 amide bonds. The Bertz CT molecular complexity index is 710. The van der Waals surface area contributed by atoms with E-state index in [4.69, 9.17) is 0 Å². The van der Waals surface area contributed by atoms with Crippen molar-refractivity contribution in [2.45, 2.75) is 57.0 Å². The van der Waals surface area contributed by atoms with Gasteiger partial charge in [-0.25, -0.2) is 0 Å². The van der Waals surface area contributed by atoms with Gasteiger partial charge in [0, 0.05) is 24.7 Å². The molecule has 28 heavy (non-hydrogen) atoms. The average molecular weight is 393 g/mol. The van der Waals surface area contributed by atoms with E-state index in [9.17, 15) is 22.8 Å². The first-order valence-electron chi connectivity index (χ1n) is 10.0. The van der Waals surface area contributed by atoms with E-state index in [-0.39, 0.29) is 31.7 Å². The van der Waals surface area contributed by atoms with E-state index in [2.05, 4.69) is 0 Å². The zero-order chi connectivity index (χ0) is 20.1. The molecule has 152 valence electrons. The molecular weight excluding hydrogens is 367 g/mol. The van der Waals surface area contributed by atoms with Crippen LogP contribution >= 0.6 is 0 Å². The van der Waals surface area contributed by atoms with Gasteiger partial charge in [0.05, 0.1) is 5.92 Å². The van der Waals surface area contributed by atoms with E-state index in [1.54, 1.807) is 12.1 Å². The second-order valence-corrected chi connectivity index (χ2v) is 7.80. The number of rotatable bonds is 4. The summed E-state index contributed by atoms with van der Waals surface area (Å²) in [7, 11) is 0. The molecule has 0 bridgehead atoms. The molecule has 1 saturated carbocycles. The molecule has 3 rings (SSSR count). The van der Waals surface area contributed by atoms with Crippen molar-refractivity contribution in [1.29, 1.82) is 0 Å². The molecule has 3 nitrogen and oxygen atoms in total. The van der Waals surface area contributed by atoms with Crippen LogP contribution in [-0.4, -0.2) is 35.9 Å². The van der Waals surface area contributed by atoms with E-state index in [0.717, 1.165) is 0 Å². The number of alkyl halides is 3. The number of hydrogen-bond acceptors (Lipinski definition) is 2. The van der Waals surface area contributed by atoms with Gasteiger partial charge in [0.2, 0.25) is 5.91 Å². The van der Waals surface area contributed by atoms with Gasteiger partial charge in [-0.3, -0.25) is 9.59 Å². The molecule has 6 heteroatoms. The molecule has 1 aromatic rings. The Morgan fingerprint density at radius 2 is 1.50 bits per heavy atom. The van der Waals surface area contributed by atoms with E-state index in [0.29, 0.717) is 11.5 Å². The van der Waals surface area contributed by atoms with E-state index in [1.807, 2.05) is 12.1 Å². The number of nitrogens with zero attached hydrogens (tertiary/aromatic N) is 1. The van der Waals surface area contributed by atoms with Crippen molar-refractivity contribution < 1.29 is 22.8 Å². The summed E-state index contributed by atoms with van der Waals surface area (Å²) in [6, 6.07) is 7.55. The third-order valence-corrected chi connectivity index (χ3v) is 5.92. The molecule has 0 atom stereocenters. The highest BCUT2D eigenvalue weighted by molar-refractivity contribution is 6.07. The lowest BCUT2D eigenvalue weighted by Crippen LogP contribution is -2.41. The predicted molar refractivity (Wildman–Crippen MR) is 101 cm³/mol. The normalized spacial score (nSPS) is 19.9. The van der Waals surface area contributed by atoms with Gasteiger partial charge in [0.1, 0.15) is 0 Å². The van der Waals surface area contributed by atoms with E-state index < -0.39 is 18.0 Å². The summed E-state index contributed by atoms with van der Waals surface area (Å²) in [5.41, 5.74) is 1.77. The lowest BCUT2D eigenvalue weighted by atomic mass is 9.84. The fourth-order valence-corrected chi connectivity index (χ4v) is 4.13. The predicted octanol–water partition coefficient (Wildman–Crippen LogP) is 5.27. The minimum absolute atomic E-state index is 0.0671. The van der Waals surface area contributed by atoms with E-state index in [1.165, 1.54) is 54.7 Å². The van der Waals surface area contributed by atoms with Crippen LogP contribution < -0.4 is 0 Å². The van der Waals surface area contributed by atoms with Crippen LogP contribution in [0.1, 0.15) is 66.8 Å². The highest BCUT2D eigenvalue weighted by Crippen LogP contribution is 2.34.